The first-order valence-corrected chi connectivity index (χ1v) is 8.55. The molecule has 2 rings (SSSR count). The lowest BCUT2D eigenvalue weighted by atomic mass is 10.0. The van der Waals surface area contributed by atoms with E-state index >= 15 is 0 Å². The molecule has 0 aliphatic heterocycles. The topological polar surface area (TPSA) is 47.9 Å². The molecule has 0 radical (unpaired) electrons. The van der Waals surface area contributed by atoms with Crippen LogP contribution < -0.4 is 10.6 Å². The maximum Gasteiger partial charge on any atom is 0.0467 e. The van der Waals surface area contributed by atoms with Crippen LogP contribution in [0.3, 0.4) is 0 Å². The Balaban J connectivity index is 0.00000139. The van der Waals surface area contributed by atoms with Gasteiger partial charge >= 0.3 is 0 Å². The molecule has 0 saturated heterocycles. The molecule has 0 aliphatic rings. The van der Waals surface area contributed by atoms with E-state index < -0.39 is 0 Å². The van der Waals surface area contributed by atoms with Crippen LogP contribution in [0, 0.1) is 17.8 Å². The van der Waals surface area contributed by atoms with E-state index in [1.807, 2.05) is 26.2 Å². The third kappa shape index (κ3) is 5.69. The Morgan fingerprint density at radius 1 is 1.29 bits per heavy atom. The van der Waals surface area contributed by atoms with E-state index in [1.54, 1.807) is 11.3 Å². The summed E-state index contributed by atoms with van der Waals surface area (Å²) in [4.78, 5) is 1.34. The van der Waals surface area contributed by atoms with E-state index in [-0.39, 0.29) is 0 Å². The Morgan fingerprint density at radius 3 is 2.67 bits per heavy atom. The molecule has 3 nitrogen and oxygen atoms in total. The minimum Gasteiger partial charge on any atom is -0.392 e. The van der Waals surface area contributed by atoms with Crippen LogP contribution in [0.5, 0.6) is 0 Å². The van der Waals surface area contributed by atoms with Gasteiger partial charge in [0.1, 0.15) is 0 Å². The summed E-state index contributed by atoms with van der Waals surface area (Å²) in [5.74, 6) is 2.69. The van der Waals surface area contributed by atoms with Gasteiger partial charge in [-0.15, -0.1) is 17.8 Å². The summed E-state index contributed by atoms with van der Waals surface area (Å²) < 4.78 is 0. The summed E-state index contributed by atoms with van der Waals surface area (Å²) in [6.45, 7) is 6.51. The molecular formula is C20H25N3S. The maximum atomic E-state index is 5.50. The van der Waals surface area contributed by atoms with Crippen LogP contribution in [0.1, 0.15) is 34.0 Å². The predicted molar refractivity (Wildman–Crippen MR) is 106 cm³/mol. The van der Waals surface area contributed by atoms with Gasteiger partial charge in [0.05, 0.1) is 0 Å². The molecular weight excluding hydrogens is 314 g/mol. The molecule has 3 N–H and O–H groups in total. The number of rotatable bonds is 7. The van der Waals surface area contributed by atoms with Crippen molar-refractivity contribution in [2.45, 2.75) is 18.9 Å². The van der Waals surface area contributed by atoms with Gasteiger partial charge in [-0.3, -0.25) is 0 Å². The van der Waals surface area contributed by atoms with E-state index in [0.29, 0.717) is 6.04 Å². The van der Waals surface area contributed by atoms with Crippen LogP contribution in [0.15, 0.2) is 48.0 Å². The van der Waals surface area contributed by atoms with Gasteiger partial charge in [0.15, 0.2) is 0 Å². The van der Waals surface area contributed by atoms with Gasteiger partial charge in [-0.2, -0.15) is 0 Å². The fourth-order valence-corrected chi connectivity index (χ4v) is 3.39. The minimum atomic E-state index is 0.302. The third-order valence-corrected chi connectivity index (χ3v) is 4.77. The zero-order chi connectivity index (χ0) is 17.9. The largest absolute Gasteiger partial charge is 0.392 e. The van der Waals surface area contributed by atoms with Gasteiger partial charge in [0.25, 0.3) is 0 Å². The van der Waals surface area contributed by atoms with Crippen molar-refractivity contribution in [3.63, 3.8) is 0 Å². The molecule has 0 saturated carbocycles. The summed E-state index contributed by atoms with van der Waals surface area (Å²) in [5.41, 5.74) is 4.55. The Labute approximate surface area is 149 Å². The van der Waals surface area contributed by atoms with Gasteiger partial charge in [0, 0.05) is 35.6 Å². The van der Waals surface area contributed by atoms with Crippen molar-refractivity contribution < 1.29 is 0 Å². The van der Waals surface area contributed by atoms with Crippen molar-refractivity contribution in [3.05, 3.63) is 69.6 Å². The molecule has 126 valence electrons. The van der Waals surface area contributed by atoms with Crippen LogP contribution in [0.4, 0.5) is 0 Å². The normalized spacial score (nSPS) is 10.9. The van der Waals surface area contributed by atoms with E-state index in [1.165, 1.54) is 16.0 Å². The number of hydrogen-bond acceptors (Lipinski definition) is 4. The predicted octanol–water partition coefficient (Wildman–Crippen LogP) is 3.97. The van der Waals surface area contributed by atoms with E-state index in [0.717, 1.165) is 24.1 Å². The second-order valence-corrected chi connectivity index (χ2v) is 6.22. The molecule has 0 bridgehead atoms. The molecule has 4 heteroatoms. The first-order chi connectivity index (χ1) is 11.7. The van der Waals surface area contributed by atoms with E-state index in [9.17, 15) is 0 Å². The van der Waals surface area contributed by atoms with Crippen LogP contribution in [0.2, 0.25) is 0 Å². The first-order valence-electron chi connectivity index (χ1n) is 7.67. The zero-order valence-corrected chi connectivity index (χ0v) is 15.2. The number of thiophene rings is 1. The highest BCUT2D eigenvalue weighted by Gasteiger charge is 2.13. The Morgan fingerprint density at radius 2 is 2.04 bits per heavy atom. The monoisotopic (exact) mass is 339 g/mol. The SMILES string of the molecule is C#Cc1cccc(Cc2csc(C(CC(=C)NC)NC)c2)c1.C=N. The average molecular weight is 340 g/mol. The summed E-state index contributed by atoms with van der Waals surface area (Å²) in [6, 6.07) is 10.8. The lowest BCUT2D eigenvalue weighted by Gasteiger charge is -2.15. The highest BCUT2D eigenvalue weighted by molar-refractivity contribution is 7.10. The van der Waals surface area contributed by atoms with Crippen LogP contribution in [-0.4, -0.2) is 20.8 Å². The molecule has 2 aromatic rings. The lowest BCUT2D eigenvalue weighted by Crippen LogP contribution is -2.19. The van der Waals surface area contributed by atoms with Gasteiger partial charge in [-0.05, 0) is 54.9 Å². The van der Waals surface area contributed by atoms with Crippen molar-refractivity contribution in [2.24, 2.45) is 0 Å². The van der Waals surface area contributed by atoms with Crippen LogP contribution in [-0.2, 0) is 6.42 Å². The second kappa shape index (κ2) is 10.4. The molecule has 24 heavy (non-hydrogen) atoms. The molecule has 1 heterocycles. The second-order valence-electron chi connectivity index (χ2n) is 5.28. The number of terminal acetylenes is 1. The van der Waals surface area contributed by atoms with Crippen molar-refractivity contribution in [2.75, 3.05) is 14.1 Å². The molecule has 0 spiro atoms. The maximum absolute atomic E-state index is 5.50. The number of benzene rings is 1. The highest BCUT2D eigenvalue weighted by Crippen LogP contribution is 2.27. The lowest BCUT2D eigenvalue weighted by molar-refractivity contribution is 0.584. The number of nitrogens with one attached hydrogen (secondary N) is 3. The van der Waals surface area contributed by atoms with E-state index in [4.69, 9.17) is 11.8 Å². The van der Waals surface area contributed by atoms with Crippen LogP contribution >= 0.6 is 11.3 Å². The highest BCUT2D eigenvalue weighted by atomic mass is 32.1. The molecule has 0 aliphatic carbocycles. The van der Waals surface area contributed by atoms with Gasteiger partial charge in [-0.25, -0.2) is 0 Å². The zero-order valence-electron chi connectivity index (χ0n) is 14.4. The average Bonchev–Trinajstić information content (AvgIpc) is 3.09. The summed E-state index contributed by atoms with van der Waals surface area (Å²) >= 11 is 1.79. The Bertz CT molecular complexity index is 697. The smallest absolute Gasteiger partial charge is 0.0467 e. The third-order valence-electron chi connectivity index (χ3n) is 3.67. The number of hydrogen-bond donors (Lipinski definition) is 3. The Hall–Kier alpha value is -2.35. The molecule has 1 aromatic heterocycles. The van der Waals surface area contributed by atoms with Gasteiger partial charge in [-0.1, -0.05) is 24.6 Å². The van der Waals surface area contributed by atoms with Crippen molar-refractivity contribution in [1.82, 2.24) is 10.6 Å². The fraction of sp³-hybridized carbons (Fsp3) is 0.250. The molecule has 0 fully saturated rings. The fourth-order valence-electron chi connectivity index (χ4n) is 2.37. The van der Waals surface area contributed by atoms with E-state index in [2.05, 4.69) is 53.4 Å². The quantitative estimate of drug-likeness (QED) is 0.528. The van der Waals surface area contributed by atoms with Gasteiger partial charge < -0.3 is 16.0 Å². The van der Waals surface area contributed by atoms with Crippen molar-refractivity contribution in [1.29, 1.82) is 5.41 Å². The Kier molecular flexibility index (Phi) is 8.56. The summed E-state index contributed by atoms with van der Waals surface area (Å²) in [6.07, 6.45) is 7.26. The summed E-state index contributed by atoms with van der Waals surface area (Å²) in [5, 5.41) is 14.2. The molecule has 1 atom stereocenters. The van der Waals surface area contributed by atoms with Crippen LogP contribution in [0.25, 0.3) is 0 Å². The standard InChI is InChI=1S/C19H22N2S.CH3N/c1-5-15-7-6-8-16(10-15)11-17-12-19(22-13-17)18(21-4)9-14(2)20-3;1-2/h1,6-8,10,12-13,18,20-21H,2,9,11H2,3-4H3;2H,1H2. The van der Waals surface area contributed by atoms with Crippen molar-refractivity contribution >= 4 is 18.1 Å². The molecule has 1 aromatic carbocycles. The minimum absolute atomic E-state index is 0.302. The van der Waals surface area contributed by atoms with Crippen molar-refractivity contribution in [3.8, 4) is 12.3 Å². The molecule has 1 unspecified atom stereocenters. The first kappa shape index (κ1) is 19.7. The molecule has 0 amide bonds. The van der Waals surface area contributed by atoms with Gasteiger partial charge in [0.2, 0.25) is 0 Å². The summed E-state index contributed by atoms with van der Waals surface area (Å²) in [7, 11) is 3.90.